The normalized spacial score (nSPS) is 18.4. The minimum absolute atomic E-state index is 0.122. The Balaban J connectivity index is 2.06. The third-order valence-electron chi connectivity index (χ3n) is 4.49. The van der Waals surface area contributed by atoms with Crippen LogP contribution in [0.2, 0.25) is 0 Å². The number of likely N-dealkylation sites (tertiary alicyclic amines) is 1. The van der Waals surface area contributed by atoms with E-state index in [9.17, 15) is 4.79 Å². The molecule has 1 fully saturated rings. The number of rotatable bonds is 6. The van der Waals surface area contributed by atoms with Crippen LogP contribution < -0.4 is 0 Å². The molecule has 1 heterocycles. The van der Waals surface area contributed by atoms with Gasteiger partial charge in [-0.2, -0.15) is 0 Å². The Morgan fingerprint density at radius 3 is 2.48 bits per heavy atom. The molecule has 21 heavy (non-hydrogen) atoms. The fraction of sp³-hybridized carbons (Fsp3) is 0.588. The minimum Gasteiger partial charge on any atom is -0.468 e. The first-order valence-electron chi connectivity index (χ1n) is 7.70. The molecular weight excluding hydrogens is 266 g/mol. The van der Waals surface area contributed by atoms with Gasteiger partial charge in [0.05, 0.1) is 12.5 Å². The molecule has 0 saturated carbocycles. The second-order valence-electron chi connectivity index (χ2n) is 5.71. The summed E-state index contributed by atoms with van der Waals surface area (Å²) in [4.78, 5) is 14.8. The molecule has 4 heteroatoms. The van der Waals surface area contributed by atoms with Crippen LogP contribution >= 0.6 is 0 Å². The van der Waals surface area contributed by atoms with Crippen molar-refractivity contribution in [3.05, 3.63) is 35.9 Å². The number of carbonyl (C=O) groups excluding carboxylic acids is 1. The van der Waals surface area contributed by atoms with Crippen molar-refractivity contribution in [1.82, 2.24) is 4.90 Å². The summed E-state index contributed by atoms with van der Waals surface area (Å²) in [7, 11) is 1.47. The molecule has 1 N–H and O–H groups in total. The van der Waals surface area contributed by atoms with E-state index in [0.717, 1.165) is 50.9 Å². The van der Waals surface area contributed by atoms with Crippen molar-refractivity contribution >= 4 is 5.97 Å². The molecule has 1 aliphatic rings. The Labute approximate surface area is 126 Å². The largest absolute Gasteiger partial charge is 0.468 e. The van der Waals surface area contributed by atoms with E-state index in [2.05, 4.69) is 4.90 Å². The fourth-order valence-corrected chi connectivity index (χ4v) is 3.17. The van der Waals surface area contributed by atoms with Gasteiger partial charge in [0.15, 0.2) is 0 Å². The van der Waals surface area contributed by atoms with Crippen molar-refractivity contribution in [2.24, 2.45) is 0 Å². The molecule has 0 bridgehead atoms. The number of ether oxygens (including phenoxy) is 1. The van der Waals surface area contributed by atoms with Crippen LogP contribution in [0.15, 0.2) is 30.3 Å². The minimum atomic E-state index is -0.497. The Morgan fingerprint density at radius 1 is 1.24 bits per heavy atom. The maximum absolute atomic E-state index is 12.4. The lowest BCUT2D eigenvalue weighted by atomic mass is 9.72. The number of aliphatic hydroxyl groups excluding tert-OH is 1. The van der Waals surface area contributed by atoms with Gasteiger partial charge in [0.25, 0.3) is 0 Å². The number of methoxy groups -OCH3 is 1. The van der Waals surface area contributed by atoms with E-state index in [-0.39, 0.29) is 12.6 Å². The SMILES string of the molecule is COC(=O)C1(c2ccccc2)CCN(CCCCO)CC1. The highest BCUT2D eigenvalue weighted by molar-refractivity contribution is 5.83. The number of nitrogens with zero attached hydrogens (tertiary/aromatic N) is 1. The first-order chi connectivity index (χ1) is 10.2. The predicted molar refractivity (Wildman–Crippen MR) is 82.1 cm³/mol. The molecule has 0 aliphatic carbocycles. The fourth-order valence-electron chi connectivity index (χ4n) is 3.17. The van der Waals surface area contributed by atoms with Crippen LogP contribution in [0.3, 0.4) is 0 Å². The number of benzene rings is 1. The number of esters is 1. The van der Waals surface area contributed by atoms with Crippen LogP contribution in [-0.4, -0.2) is 49.3 Å². The van der Waals surface area contributed by atoms with Crippen molar-refractivity contribution < 1.29 is 14.6 Å². The molecule has 2 rings (SSSR count). The highest BCUT2D eigenvalue weighted by Gasteiger charge is 2.43. The topological polar surface area (TPSA) is 49.8 Å². The van der Waals surface area contributed by atoms with Crippen LogP contribution in [0.4, 0.5) is 0 Å². The Bertz CT molecular complexity index is 439. The Morgan fingerprint density at radius 2 is 1.90 bits per heavy atom. The zero-order chi connectivity index (χ0) is 15.1. The Kier molecular flexibility index (Phi) is 5.76. The molecule has 1 aromatic rings. The van der Waals surface area contributed by atoms with Gasteiger partial charge in [-0.05, 0) is 50.9 Å². The van der Waals surface area contributed by atoms with Crippen molar-refractivity contribution in [2.45, 2.75) is 31.1 Å². The van der Waals surface area contributed by atoms with Crippen LogP contribution in [0, 0.1) is 0 Å². The van der Waals surface area contributed by atoms with E-state index >= 15 is 0 Å². The lowest BCUT2D eigenvalue weighted by Crippen LogP contribution is -2.48. The molecule has 0 amide bonds. The summed E-state index contributed by atoms with van der Waals surface area (Å²) in [5, 5.41) is 8.85. The first kappa shape index (κ1) is 16.0. The van der Waals surface area contributed by atoms with Crippen molar-refractivity contribution in [1.29, 1.82) is 0 Å². The van der Waals surface area contributed by atoms with E-state index in [1.165, 1.54) is 7.11 Å². The monoisotopic (exact) mass is 291 g/mol. The molecule has 1 aromatic carbocycles. The van der Waals surface area contributed by atoms with Gasteiger partial charge in [-0.1, -0.05) is 30.3 Å². The van der Waals surface area contributed by atoms with Gasteiger partial charge in [-0.3, -0.25) is 4.79 Å². The molecule has 1 aliphatic heterocycles. The van der Waals surface area contributed by atoms with Gasteiger partial charge in [-0.15, -0.1) is 0 Å². The molecule has 0 radical (unpaired) electrons. The zero-order valence-electron chi connectivity index (χ0n) is 12.8. The van der Waals surface area contributed by atoms with E-state index in [4.69, 9.17) is 9.84 Å². The molecule has 116 valence electrons. The van der Waals surface area contributed by atoms with Crippen LogP contribution in [0.1, 0.15) is 31.2 Å². The van der Waals surface area contributed by atoms with Crippen LogP contribution in [-0.2, 0) is 14.9 Å². The highest BCUT2D eigenvalue weighted by atomic mass is 16.5. The molecule has 0 atom stereocenters. The summed E-state index contributed by atoms with van der Waals surface area (Å²) in [6.07, 6.45) is 3.44. The van der Waals surface area contributed by atoms with E-state index in [0.29, 0.717) is 0 Å². The first-order valence-corrected chi connectivity index (χ1v) is 7.70. The van der Waals surface area contributed by atoms with Crippen molar-refractivity contribution in [3.63, 3.8) is 0 Å². The second-order valence-corrected chi connectivity index (χ2v) is 5.71. The van der Waals surface area contributed by atoms with Crippen molar-refractivity contribution in [3.8, 4) is 0 Å². The van der Waals surface area contributed by atoms with E-state index in [1.807, 2.05) is 30.3 Å². The number of carbonyl (C=O) groups is 1. The number of aliphatic hydroxyl groups is 1. The second kappa shape index (κ2) is 7.57. The highest BCUT2D eigenvalue weighted by Crippen LogP contribution is 2.36. The third kappa shape index (κ3) is 3.63. The standard InChI is InChI=1S/C17H25NO3/c1-21-16(20)17(15-7-3-2-4-8-15)9-12-18(13-10-17)11-5-6-14-19/h2-4,7-8,19H,5-6,9-14H2,1H3. The number of hydrogen-bond acceptors (Lipinski definition) is 4. The maximum Gasteiger partial charge on any atom is 0.316 e. The summed E-state index contributed by atoms with van der Waals surface area (Å²) in [5.74, 6) is -0.122. The molecular formula is C17H25NO3. The summed E-state index contributed by atoms with van der Waals surface area (Å²) in [5.41, 5.74) is 0.565. The van der Waals surface area contributed by atoms with E-state index in [1.54, 1.807) is 0 Å². The zero-order valence-corrected chi connectivity index (χ0v) is 12.8. The third-order valence-corrected chi connectivity index (χ3v) is 4.49. The number of hydrogen-bond donors (Lipinski definition) is 1. The van der Waals surface area contributed by atoms with Gasteiger partial charge >= 0.3 is 5.97 Å². The van der Waals surface area contributed by atoms with Gasteiger partial charge in [-0.25, -0.2) is 0 Å². The summed E-state index contributed by atoms with van der Waals surface area (Å²) in [6, 6.07) is 9.98. The lowest BCUT2D eigenvalue weighted by molar-refractivity contribution is -0.149. The van der Waals surface area contributed by atoms with Gasteiger partial charge in [0.2, 0.25) is 0 Å². The molecule has 0 unspecified atom stereocenters. The molecule has 1 saturated heterocycles. The quantitative estimate of drug-likeness (QED) is 0.643. The van der Waals surface area contributed by atoms with Gasteiger partial charge in [0.1, 0.15) is 0 Å². The summed E-state index contributed by atoms with van der Waals surface area (Å²) < 4.78 is 5.09. The van der Waals surface area contributed by atoms with Crippen LogP contribution in [0.25, 0.3) is 0 Å². The lowest BCUT2D eigenvalue weighted by Gasteiger charge is -2.40. The summed E-state index contributed by atoms with van der Waals surface area (Å²) in [6.45, 7) is 3.04. The van der Waals surface area contributed by atoms with Gasteiger partial charge < -0.3 is 14.7 Å². The Hall–Kier alpha value is -1.39. The van der Waals surface area contributed by atoms with Crippen molar-refractivity contribution in [2.75, 3.05) is 33.4 Å². The molecule has 0 aromatic heterocycles. The molecule has 0 spiro atoms. The average molecular weight is 291 g/mol. The average Bonchev–Trinajstić information content (AvgIpc) is 2.56. The van der Waals surface area contributed by atoms with Crippen LogP contribution in [0.5, 0.6) is 0 Å². The van der Waals surface area contributed by atoms with Gasteiger partial charge in [0, 0.05) is 6.61 Å². The summed E-state index contributed by atoms with van der Waals surface area (Å²) >= 11 is 0. The number of piperidine rings is 1. The smallest absolute Gasteiger partial charge is 0.316 e. The van der Waals surface area contributed by atoms with E-state index < -0.39 is 5.41 Å². The predicted octanol–water partition coefficient (Wildman–Crippen LogP) is 1.97. The number of unbranched alkanes of at least 4 members (excludes halogenated alkanes) is 1. The molecule has 4 nitrogen and oxygen atoms in total. The maximum atomic E-state index is 12.4.